The van der Waals surface area contributed by atoms with Crippen LogP contribution in [0.15, 0.2) is 84.9 Å². The average Bonchev–Trinajstić information content (AvgIpc) is 2.73. The molecule has 0 aliphatic rings. The summed E-state index contributed by atoms with van der Waals surface area (Å²) in [5.41, 5.74) is 1.44. The van der Waals surface area contributed by atoms with Crippen LogP contribution in [-0.2, 0) is 0 Å². The topological polar surface area (TPSA) is 0 Å². The molecule has 0 saturated carbocycles. The molecule has 0 bridgehead atoms. The average molecular weight is 377 g/mol. The van der Waals surface area contributed by atoms with E-state index in [4.69, 9.17) is 0 Å². The summed E-state index contributed by atoms with van der Waals surface area (Å²) in [6.07, 6.45) is 7.96. The van der Waals surface area contributed by atoms with Crippen molar-refractivity contribution in [2.45, 2.75) is 46.0 Å². The molecule has 3 aromatic carbocycles. The summed E-state index contributed by atoms with van der Waals surface area (Å²) >= 11 is 0. The van der Waals surface area contributed by atoms with Crippen molar-refractivity contribution in [3.8, 4) is 0 Å². The molecule has 0 N–H and O–H groups in total. The molecule has 0 spiro atoms. The third-order valence-corrected chi connectivity index (χ3v) is 11.0. The number of benzene rings is 3. The maximum absolute atomic E-state index is 2.40. The molecule has 0 aliphatic heterocycles. The third-order valence-electron chi connectivity index (χ3n) is 5.79. The Labute approximate surface area is 166 Å². The van der Waals surface area contributed by atoms with Gasteiger partial charge in [-0.15, -0.1) is 0 Å². The van der Waals surface area contributed by atoms with Gasteiger partial charge in [0.15, 0.2) is 0 Å². The summed E-state index contributed by atoms with van der Waals surface area (Å²) in [5.74, 6) is 0. The molecule has 3 rings (SSSR count). The Kier molecular flexibility index (Phi) is 7.25. The Bertz CT molecular complexity index is 768. The van der Waals surface area contributed by atoms with Gasteiger partial charge in [-0.2, -0.15) is 0 Å². The molecule has 27 heavy (non-hydrogen) atoms. The van der Waals surface area contributed by atoms with E-state index in [1.165, 1.54) is 43.8 Å². The zero-order chi connectivity index (χ0) is 19.0. The molecule has 3 aromatic rings. The van der Waals surface area contributed by atoms with Gasteiger partial charge in [0.05, 0.1) is 0 Å². The van der Waals surface area contributed by atoms with Crippen LogP contribution in [0.5, 0.6) is 0 Å². The van der Waals surface area contributed by atoms with Gasteiger partial charge in [0.2, 0.25) is 0 Å². The van der Waals surface area contributed by atoms with Crippen molar-refractivity contribution in [2.75, 3.05) is 6.16 Å². The first-order valence-electron chi connectivity index (χ1n) is 10.5. The molecule has 0 amide bonds. The van der Waals surface area contributed by atoms with Crippen molar-refractivity contribution in [1.29, 1.82) is 0 Å². The Hall–Kier alpha value is -1.91. The van der Waals surface area contributed by atoms with Crippen LogP contribution >= 0.6 is 7.26 Å². The zero-order valence-electron chi connectivity index (χ0n) is 16.8. The van der Waals surface area contributed by atoms with Crippen molar-refractivity contribution >= 4 is 23.2 Å². The summed E-state index contributed by atoms with van der Waals surface area (Å²) in [5, 5.41) is 4.67. The first-order valence-corrected chi connectivity index (χ1v) is 12.7. The van der Waals surface area contributed by atoms with Gasteiger partial charge in [0.1, 0.15) is 0 Å². The number of rotatable bonds is 9. The van der Waals surface area contributed by atoms with Crippen LogP contribution in [0.25, 0.3) is 0 Å². The van der Waals surface area contributed by atoms with E-state index in [0.717, 1.165) is 0 Å². The zero-order valence-corrected chi connectivity index (χ0v) is 17.8. The Morgan fingerprint density at radius 1 is 0.593 bits per heavy atom. The number of hydrogen-bond acceptors (Lipinski definition) is 0. The van der Waals surface area contributed by atoms with Gasteiger partial charge in [-0.05, 0) is 0 Å². The molecule has 0 heterocycles. The summed E-state index contributed by atoms with van der Waals surface area (Å²) in [7, 11) is -2.03. The van der Waals surface area contributed by atoms with Crippen molar-refractivity contribution < 1.29 is 0 Å². The molecule has 0 saturated heterocycles. The van der Waals surface area contributed by atoms with Crippen LogP contribution in [0.3, 0.4) is 0 Å². The molecule has 0 fully saturated rings. The van der Waals surface area contributed by atoms with Crippen molar-refractivity contribution in [1.82, 2.24) is 0 Å². The molecule has 0 aromatic heterocycles. The molecule has 0 radical (unpaired) electrons. The predicted molar refractivity (Wildman–Crippen MR) is 125 cm³/mol. The molecule has 1 heteroatoms. The second-order valence-electron chi connectivity index (χ2n) is 7.62. The van der Waals surface area contributed by atoms with Crippen LogP contribution in [0.2, 0.25) is 0 Å². The van der Waals surface area contributed by atoms with E-state index >= 15 is 0 Å². The van der Waals surface area contributed by atoms with Gasteiger partial charge in [-0.1, -0.05) is 0 Å². The minimum absolute atomic E-state index is 1.29. The van der Waals surface area contributed by atoms with Gasteiger partial charge < -0.3 is 0 Å². The van der Waals surface area contributed by atoms with E-state index in [1.54, 1.807) is 15.9 Å². The third kappa shape index (κ3) is 4.50. The van der Waals surface area contributed by atoms with E-state index < -0.39 is 7.26 Å². The predicted octanol–water partition coefficient (Wildman–Crippen LogP) is 5.99. The SMILES string of the molecule is CCCCCCC[PH](c1ccccc1)(c1ccccc1)c1ccccc1C. The fourth-order valence-electron chi connectivity index (χ4n) is 4.39. The van der Waals surface area contributed by atoms with Crippen molar-refractivity contribution in [3.63, 3.8) is 0 Å². The fraction of sp³-hybridized carbons (Fsp3) is 0.308. The second kappa shape index (κ2) is 9.86. The Morgan fingerprint density at radius 2 is 1.11 bits per heavy atom. The number of hydrogen-bond donors (Lipinski definition) is 0. The Balaban J connectivity index is 2.12. The van der Waals surface area contributed by atoms with E-state index in [0.29, 0.717) is 0 Å². The van der Waals surface area contributed by atoms with Crippen molar-refractivity contribution in [3.05, 3.63) is 90.5 Å². The van der Waals surface area contributed by atoms with Gasteiger partial charge >= 0.3 is 166 Å². The molecule has 142 valence electrons. The summed E-state index contributed by atoms with van der Waals surface area (Å²) < 4.78 is 0. The van der Waals surface area contributed by atoms with Crippen LogP contribution in [-0.4, -0.2) is 6.16 Å². The number of unbranched alkanes of at least 4 members (excludes halogenated alkanes) is 4. The summed E-state index contributed by atoms with van der Waals surface area (Å²) in [4.78, 5) is 0. The van der Waals surface area contributed by atoms with Crippen LogP contribution in [0.1, 0.15) is 44.6 Å². The van der Waals surface area contributed by atoms with E-state index in [1.807, 2.05) is 0 Å². The summed E-state index contributed by atoms with van der Waals surface area (Å²) in [6.45, 7) is 4.58. The first kappa shape index (κ1) is 19.8. The standard InChI is InChI=1S/C26H33P/c1-3-4-5-6-15-22-27(24-17-9-7-10-18-24,25-19-11-8-12-20-25)26-21-14-13-16-23(26)2/h7-14,16-21,27H,3-6,15,22H2,1-2H3. The van der Waals surface area contributed by atoms with Crippen LogP contribution in [0.4, 0.5) is 0 Å². The van der Waals surface area contributed by atoms with Crippen LogP contribution < -0.4 is 15.9 Å². The molecular weight excluding hydrogens is 343 g/mol. The maximum atomic E-state index is 2.40. The van der Waals surface area contributed by atoms with Gasteiger partial charge in [0.25, 0.3) is 0 Å². The normalized spacial score (nSPS) is 12.1. The monoisotopic (exact) mass is 376 g/mol. The van der Waals surface area contributed by atoms with E-state index in [2.05, 4.69) is 98.8 Å². The minimum atomic E-state index is -2.03. The molecule has 0 aliphatic carbocycles. The fourth-order valence-corrected chi connectivity index (χ4v) is 9.63. The quantitative estimate of drug-likeness (QED) is 0.318. The van der Waals surface area contributed by atoms with Gasteiger partial charge in [-0.3, -0.25) is 0 Å². The van der Waals surface area contributed by atoms with E-state index in [-0.39, 0.29) is 0 Å². The molecule has 0 nitrogen and oxygen atoms in total. The Morgan fingerprint density at radius 3 is 1.67 bits per heavy atom. The summed E-state index contributed by atoms with van der Waals surface area (Å²) in [6, 6.07) is 31.7. The van der Waals surface area contributed by atoms with Gasteiger partial charge in [0, 0.05) is 0 Å². The number of aryl methyl sites for hydroxylation is 1. The first-order chi connectivity index (χ1) is 13.3. The second-order valence-corrected chi connectivity index (χ2v) is 11.6. The van der Waals surface area contributed by atoms with E-state index in [9.17, 15) is 0 Å². The van der Waals surface area contributed by atoms with Crippen molar-refractivity contribution in [2.24, 2.45) is 0 Å². The molecule has 0 atom stereocenters. The molecular formula is C26H33P. The molecule has 0 unspecified atom stereocenters. The van der Waals surface area contributed by atoms with Gasteiger partial charge in [-0.25, -0.2) is 0 Å². The van der Waals surface area contributed by atoms with Crippen LogP contribution in [0, 0.1) is 6.92 Å².